The van der Waals surface area contributed by atoms with E-state index in [1.807, 2.05) is 41.3 Å². The lowest BCUT2D eigenvalue weighted by atomic mass is 10.0. The maximum atomic E-state index is 12.8. The molecule has 0 radical (unpaired) electrons. The fourth-order valence-electron chi connectivity index (χ4n) is 3.49. The van der Waals surface area contributed by atoms with E-state index in [1.54, 1.807) is 12.1 Å². The van der Waals surface area contributed by atoms with Crippen LogP contribution in [0, 0.1) is 0 Å². The number of carbonyl (C=O) groups is 2. The fraction of sp³-hybridized carbons (Fsp3) is 0.391. The molecule has 3 rings (SSSR count). The Kier molecular flexibility index (Phi) is 7.29. The fourth-order valence-corrected chi connectivity index (χ4v) is 3.71. The summed E-state index contributed by atoms with van der Waals surface area (Å²) in [6.07, 6.45) is 0.826. The molecule has 2 aromatic rings. The molecular formula is C23H28ClN3O2. The van der Waals surface area contributed by atoms with Crippen LogP contribution in [-0.4, -0.2) is 54.3 Å². The molecule has 0 aromatic heterocycles. The molecule has 5 nitrogen and oxygen atoms in total. The van der Waals surface area contributed by atoms with Gasteiger partial charge in [-0.25, -0.2) is 0 Å². The summed E-state index contributed by atoms with van der Waals surface area (Å²) in [5.41, 5.74) is 2.59. The molecule has 0 bridgehead atoms. The molecule has 1 heterocycles. The van der Waals surface area contributed by atoms with Gasteiger partial charge in [-0.1, -0.05) is 49.7 Å². The van der Waals surface area contributed by atoms with Gasteiger partial charge in [0.1, 0.15) is 0 Å². The van der Waals surface area contributed by atoms with Crippen molar-refractivity contribution in [3.63, 3.8) is 0 Å². The number of amides is 2. The first-order valence-corrected chi connectivity index (χ1v) is 10.5. The molecule has 2 aromatic carbocycles. The molecule has 1 N–H and O–H groups in total. The first-order valence-electron chi connectivity index (χ1n) is 10.1. The molecule has 0 aliphatic carbocycles. The molecule has 1 aliphatic rings. The van der Waals surface area contributed by atoms with Crippen LogP contribution in [0.5, 0.6) is 0 Å². The van der Waals surface area contributed by atoms with Crippen LogP contribution < -0.4 is 5.32 Å². The first kappa shape index (κ1) is 21.3. The summed E-state index contributed by atoms with van der Waals surface area (Å²) < 4.78 is 0. The van der Waals surface area contributed by atoms with E-state index >= 15 is 0 Å². The van der Waals surface area contributed by atoms with Gasteiger partial charge in [-0.2, -0.15) is 0 Å². The summed E-state index contributed by atoms with van der Waals surface area (Å²) in [5, 5.41) is 3.44. The predicted molar refractivity (Wildman–Crippen MR) is 118 cm³/mol. The maximum Gasteiger partial charge on any atom is 0.255 e. The Morgan fingerprint density at radius 3 is 2.41 bits per heavy atom. The SMILES string of the molecule is CC(C)c1ccc(NC(=O)CN2CCCN(C(=O)c3ccccc3Cl)CC2)cc1. The number of hydrogen-bond acceptors (Lipinski definition) is 3. The van der Waals surface area contributed by atoms with Gasteiger partial charge in [0, 0.05) is 31.9 Å². The number of nitrogens with zero attached hydrogens (tertiary/aromatic N) is 2. The Morgan fingerprint density at radius 1 is 1.00 bits per heavy atom. The van der Waals surface area contributed by atoms with Crippen LogP contribution in [0.2, 0.25) is 5.02 Å². The molecule has 0 saturated carbocycles. The first-order chi connectivity index (χ1) is 13.9. The third-order valence-electron chi connectivity index (χ3n) is 5.21. The number of carbonyl (C=O) groups excluding carboxylic acids is 2. The van der Waals surface area contributed by atoms with Gasteiger partial charge in [0.2, 0.25) is 5.91 Å². The lowest BCUT2D eigenvalue weighted by Crippen LogP contribution is -2.38. The van der Waals surface area contributed by atoms with Crippen molar-refractivity contribution in [2.75, 3.05) is 38.0 Å². The van der Waals surface area contributed by atoms with Crippen molar-refractivity contribution in [2.24, 2.45) is 0 Å². The standard InChI is InChI=1S/C23H28ClN3O2/c1-17(2)18-8-10-19(11-9-18)25-22(28)16-26-12-5-13-27(15-14-26)23(29)20-6-3-4-7-21(20)24/h3-4,6-11,17H,5,12-16H2,1-2H3,(H,25,28). The summed E-state index contributed by atoms with van der Waals surface area (Å²) in [6.45, 7) is 7.31. The van der Waals surface area contributed by atoms with Crippen LogP contribution in [0.4, 0.5) is 5.69 Å². The normalized spacial score (nSPS) is 15.2. The van der Waals surface area contributed by atoms with Crippen LogP contribution in [0.3, 0.4) is 0 Å². The summed E-state index contributed by atoms with van der Waals surface area (Å²) in [7, 11) is 0. The lowest BCUT2D eigenvalue weighted by Gasteiger charge is -2.22. The highest BCUT2D eigenvalue weighted by Crippen LogP contribution is 2.19. The van der Waals surface area contributed by atoms with Crippen molar-refractivity contribution in [1.82, 2.24) is 9.80 Å². The quantitative estimate of drug-likeness (QED) is 0.797. The zero-order valence-electron chi connectivity index (χ0n) is 17.0. The highest BCUT2D eigenvalue weighted by atomic mass is 35.5. The largest absolute Gasteiger partial charge is 0.337 e. The van der Waals surface area contributed by atoms with Crippen molar-refractivity contribution < 1.29 is 9.59 Å². The zero-order valence-corrected chi connectivity index (χ0v) is 17.8. The molecule has 2 amide bonds. The van der Waals surface area contributed by atoms with E-state index in [0.29, 0.717) is 42.7 Å². The summed E-state index contributed by atoms with van der Waals surface area (Å²) in [5.74, 6) is 0.383. The average Bonchev–Trinajstić information content (AvgIpc) is 2.94. The Labute approximate surface area is 177 Å². The minimum atomic E-state index is -0.0489. The van der Waals surface area contributed by atoms with Gasteiger partial charge in [-0.3, -0.25) is 14.5 Å². The molecule has 29 heavy (non-hydrogen) atoms. The molecule has 0 atom stereocenters. The lowest BCUT2D eigenvalue weighted by molar-refractivity contribution is -0.117. The average molecular weight is 414 g/mol. The van der Waals surface area contributed by atoms with Crippen molar-refractivity contribution >= 4 is 29.1 Å². The highest BCUT2D eigenvalue weighted by molar-refractivity contribution is 6.33. The van der Waals surface area contributed by atoms with Gasteiger partial charge in [-0.05, 0) is 42.2 Å². The van der Waals surface area contributed by atoms with E-state index in [1.165, 1.54) is 5.56 Å². The van der Waals surface area contributed by atoms with Crippen molar-refractivity contribution in [3.8, 4) is 0 Å². The molecule has 1 saturated heterocycles. The summed E-state index contributed by atoms with van der Waals surface area (Å²) in [6, 6.07) is 15.1. The Balaban J connectivity index is 1.52. The minimum Gasteiger partial charge on any atom is -0.337 e. The highest BCUT2D eigenvalue weighted by Gasteiger charge is 2.22. The molecule has 0 spiro atoms. The number of nitrogens with one attached hydrogen (secondary N) is 1. The van der Waals surface area contributed by atoms with Gasteiger partial charge in [-0.15, -0.1) is 0 Å². The third-order valence-corrected chi connectivity index (χ3v) is 5.54. The second-order valence-electron chi connectivity index (χ2n) is 7.73. The maximum absolute atomic E-state index is 12.8. The molecule has 1 fully saturated rings. The van der Waals surface area contributed by atoms with Gasteiger partial charge in [0.15, 0.2) is 0 Å². The van der Waals surface area contributed by atoms with Crippen LogP contribution in [0.25, 0.3) is 0 Å². The van der Waals surface area contributed by atoms with E-state index in [-0.39, 0.29) is 11.8 Å². The van der Waals surface area contributed by atoms with E-state index in [2.05, 4.69) is 24.1 Å². The second kappa shape index (κ2) is 9.90. The Morgan fingerprint density at radius 2 is 1.72 bits per heavy atom. The van der Waals surface area contributed by atoms with Crippen molar-refractivity contribution in [2.45, 2.75) is 26.2 Å². The van der Waals surface area contributed by atoms with Gasteiger partial charge in [0.25, 0.3) is 5.91 Å². The smallest absolute Gasteiger partial charge is 0.255 e. The molecule has 1 aliphatic heterocycles. The van der Waals surface area contributed by atoms with Gasteiger partial charge < -0.3 is 10.2 Å². The van der Waals surface area contributed by atoms with E-state index in [9.17, 15) is 9.59 Å². The minimum absolute atomic E-state index is 0.0341. The number of anilines is 1. The van der Waals surface area contributed by atoms with Crippen LogP contribution in [0.15, 0.2) is 48.5 Å². The van der Waals surface area contributed by atoms with Crippen LogP contribution in [-0.2, 0) is 4.79 Å². The monoisotopic (exact) mass is 413 g/mol. The third kappa shape index (κ3) is 5.81. The number of benzene rings is 2. The van der Waals surface area contributed by atoms with Crippen molar-refractivity contribution in [3.05, 3.63) is 64.7 Å². The summed E-state index contributed by atoms with van der Waals surface area (Å²) >= 11 is 6.17. The Bertz CT molecular complexity index is 851. The van der Waals surface area contributed by atoms with E-state index in [0.717, 1.165) is 18.7 Å². The molecular weight excluding hydrogens is 386 g/mol. The van der Waals surface area contributed by atoms with Gasteiger partial charge in [0.05, 0.1) is 17.1 Å². The second-order valence-corrected chi connectivity index (χ2v) is 8.13. The molecule has 154 valence electrons. The number of halogens is 1. The Hall–Kier alpha value is -2.37. The molecule has 6 heteroatoms. The predicted octanol–water partition coefficient (Wildman–Crippen LogP) is 4.25. The van der Waals surface area contributed by atoms with E-state index in [4.69, 9.17) is 11.6 Å². The number of hydrogen-bond donors (Lipinski definition) is 1. The van der Waals surface area contributed by atoms with Crippen LogP contribution >= 0.6 is 11.6 Å². The van der Waals surface area contributed by atoms with E-state index < -0.39 is 0 Å². The van der Waals surface area contributed by atoms with Gasteiger partial charge >= 0.3 is 0 Å². The van der Waals surface area contributed by atoms with Crippen molar-refractivity contribution in [1.29, 1.82) is 0 Å². The van der Waals surface area contributed by atoms with Crippen LogP contribution in [0.1, 0.15) is 42.1 Å². The number of rotatable bonds is 5. The zero-order chi connectivity index (χ0) is 20.8. The molecule has 0 unspecified atom stereocenters. The summed E-state index contributed by atoms with van der Waals surface area (Å²) in [4.78, 5) is 29.1. The topological polar surface area (TPSA) is 52.7 Å².